The zero-order valence-electron chi connectivity index (χ0n) is 15.1. The number of hydrogen-bond acceptors (Lipinski definition) is 10. The predicted octanol–water partition coefficient (Wildman–Crippen LogP) is 3.84. The Morgan fingerprint density at radius 2 is 2.21 bits per heavy atom. The molecule has 0 spiro atoms. The Hall–Kier alpha value is -2.72. The van der Waals surface area contributed by atoms with E-state index in [1.807, 2.05) is 29.4 Å². The van der Waals surface area contributed by atoms with Crippen molar-refractivity contribution in [1.82, 2.24) is 9.97 Å². The average Bonchev–Trinajstić information content (AvgIpc) is 3.33. The van der Waals surface area contributed by atoms with E-state index in [1.165, 1.54) is 23.1 Å². The monoisotopic (exact) mass is 416 g/mol. The summed E-state index contributed by atoms with van der Waals surface area (Å²) in [5.74, 6) is 1.85. The Labute approximate surface area is 168 Å². The molecule has 0 aliphatic carbocycles. The fourth-order valence-electron chi connectivity index (χ4n) is 3.26. The Bertz CT molecular complexity index is 1100. The van der Waals surface area contributed by atoms with Crippen LogP contribution in [0.4, 0.5) is 17.2 Å². The maximum atomic E-state index is 12.4. The quantitative estimate of drug-likeness (QED) is 0.387. The van der Waals surface area contributed by atoms with Gasteiger partial charge >= 0.3 is 5.97 Å². The topological polar surface area (TPSA) is 85.8 Å². The van der Waals surface area contributed by atoms with Crippen molar-refractivity contribution in [2.45, 2.75) is 12.1 Å². The number of esters is 1. The number of ether oxygens (including phenoxy) is 3. The van der Waals surface area contributed by atoms with E-state index in [1.54, 1.807) is 6.92 Å². The molecular formula is C18H16N4O4S2. The molecule has 4 heterocycles. The first-order valence-electron chi connectivity index (χ1n) is 8.66. The number of carbonyl (C=O) groups is 1. The molecule has 8 nitrogen and oxygen atoms in total. The van der Waals surface area contributed by atoms with Crippen LogP contribution in [0.25, 0.3) is 10.2 Å². The van der Waals surface area contributed by atoms with Crippen molar-refractivity contribution in [3.05, 3.63) is 23.1 Å². The second-order valence-electron chi connectivity index (χ2n) is 6.04. The number of thiophene rings is 1. The van der Waals surface area contributed by atoms with Gasteiger partial charge in [0.05, 0.1) is 24.3 Å². The molecule has 0 saturated carbocycles. The Morgan fingerprint density at radius 3 is 3.04 bits per heavy atom. The summed E-state index contributed by atoms with van der Waals surface area (Å²) in [6.45, 7) is 2.80. The molecule has 1 aromatic carbocycles. The zero-order chi connectivity index (χ0) is 19.3. The van der Waals surface area contributed by atoms with Gasteiger partial charge in [-0.2, -0.15) is 0 Å². The maximum absolute atomic E-state index is 12.4. The summed E-state index contributed by atoms with van der Waals surface area (Å²) in [4.78, 5) is 25.1. The first-order valence-corrected chi connectivity index (χ1v) is 10.7. The molecule has 2 aliphatic rings. The van der Waals surface area contributed by atoms with Crippen LogP contribution < -0.4 is 19.7 Å². The molecule has 0 amide bonds. The molecule has 2 aromatic heterocycles. The molecule has 0 saturated heterocycles. The second kappa shape index (κ2) is 6.71. The molecule has 0 radical (unpaired) electrons. The molecule has 5 rings (SSSR count). The van der Waals surface area contributed by atoms with Crippen LogP contribution in [-0.2, 0) is 4.74 Å². The van der Waals surface area contributed by atoms with Gasteiger partial charge in [0.25, 0.3) is 0 Å². The minimum Gasteiger partial charge on any atom is -0.462 e. The number of rotatable bonds is 4. The van der Waals surface area contributed by atoms with Crippen LogP contribution >= 0.6 is 23.1 Å². The van der Waals surface area contributed by atoms with Crippen molar-refractivity contribution in [2.75, 3.05) is 36.5 Å². The van der Waals surface area contributed by atoms with E-state index in [9.17, 15) is 4.79 Å². The highest BCUT2D eigenvalue weighted by Gasteiger charge is 2.31. The molecule has 0 bridgehead atoms. The van der Waals surface area contributed by atoms with Gasteiger partial charge in [-0.3, -0.25) is 0 Å². The summed E-state index contributed by atoms with van der Waals surface area (Å²) in [7, 11) is 0. The summed E-state index contributed by atoms with van der Waals surface area (Å²) in [6.07, 6.45) is 1.93. The Morgan fingerprint density at radius 1 is 1.36 bits per heavy atom. The van der Waals surface area contributed by atoms with E-state index in [0.717, 1.165) is 33.2 Å². The highest BCUT2D eigenvalue weighted by Crippen LogP contribution is 2.46. The highest BCUT2D eigenvalue weighted by molar-refractivity contribution is 7.98. The molecule has 2 aliphatic heterocycles. The van der Waals surface area contributed by atoms with Gasteiger partial charge in [0, 0.05) is 11.8 Å². The van der Waals surface area contributed by atoms with E-state index in [0.29, 0.717) is 29.1 Å². The van der Waals surface area contributed by atoms with Crippen LogP contribution in [0.15, 0.2) is 23.4 Å². The molecule has 144 valence electrons. The summed E-state index contributed by atoms with van der Waals surface area (Å²) >= 11 is 2.79. The summed E-state index contributed by atoms with van der Waals surface area (Å²) in [6, 6.07) is 5.78. The van der Waals surface area contributed by atoms with E-state index in [2.05, 4.69) is 10.3 Å². The van der Waals surface area contributed by atoms with Crippen LogP contribution in [0, 0.1) is 0 Å². The first-order chi connectivity index (χ1) is 13.7. The maximum Gasteiger partial charge on any atom is 0.350 e. The minimum absolute atomic E-state index is 0.225. The second-order valence-corrected chi connectivity index (χ2v) is 7.81. The van der Waals surface area contributed by atoms with Gasteiger partial charge in [0.15, 0.2) is 16.7 Å². The number of benzene rings is 1. The SMILES string of the molecule is CCOC(=O)c1sc2nc(SC)nc3c2c1NCN3c1ccc2c(c1)OCO2. The Balaban J connectivity index is 1.67. The van der Waals surface area contributed by atoms with Gasteiger partial charge in [-0.25, -0.2) is 14.8 Å². The van der Waals surface area contributed by atoms with Gasteiger partial charge < -0.3 is 24.4 Å². The molecule has 0 fully saturated rings. The molecule has 10 heteroatoms. The van der Waals surface area contributed by atoms with Crippen molar-refractivity contribution in [2.24, 2.45) is 0 Å². The lowest BCUT2D eigenvalue weighted by atomic mass is 10.2. The summed E-state index contributed by atoms with van der Waals surface area (Å²) in [5, 5.41) is 4.83. The normalized spacial score (nSPS) is 14.3. The largest absolute Gasteiger partial charge is 0.462 e. The van der Waals surface area contributed by atoms with Crippen molar-refractivity contribution >= 4 is 56.5 Å². The lowest BCUT2D eigenvalue weighted by Crippen LogP contribution is -2.29. The lowest BCUT2D eigenvalue weighted by molar-refractivity contribution is 0.0533. The van der Waals surface area contributed by atoms with Gasteiger partial charge in [-0.15, -0.1) is 11.3 Å². The number of fused-ring (bicyclic) bond motifs is 1. The van der Waals surface area contributed by atoms with Crippen molar-refractivity contribution in [3.8, 4) is 11.5 Å². The van der Waals surface area contributed by atoms with Gasteiger partial charge in [0.1, 0.15) is 15.5 Å². The predicted molar refractivity (Wildman–Crippen MR) is 108 cm³/mol. The number of hydrogen-bond donors (Lipinski definition) is 1. The van der Waals surface area contributed by atoms with Crippen molar-refractivity contribution in [1.29, 1.82) is 0 Å². The van der Waals surface area contributed by atoms with Gasteiger partial charge in [-0.05, 0) is 25.3 Å². The fourth-order valence-corrected chi connectivity index (χ4v) is 4.72. The van der Waals surface area contributed by atoms with E-state index in [-0.39, 0.29) is 12.8 Å². The molecule has 3 aromatic rings. The number of nitrogens with zero attached hydrogens (tertiary/aromatic N) is 3. The molecule has 1 N–H and O–H groups in total. The van der Waals surface area contributed by atoms with Gasteiger partial charge in [-0.1, -0.05) is 11.8 Å². The fraction of sp³-hybridized carbons (Fsp3) is 0.278. The first kappa shape index (κ1) is 17.4. The van der Waals surface area contributed by atoms with Crippen LogP contribution in [0.5, 0.6) is 11.5 Å². The number of aromatic nitrogens is 2. The average molecular weight is 416 g/mol. The Kier molecular flexibility index (Phi) is 4.17. The summed E-state index contributed by atoms with van der Waals surface area (Å²) < 4.78 is 16.1. The van der Waals surface area contributed by atoms with Crippen LogP contribution in [0.3, 0.4) is 0 Å². The van der Waals surface area contributed by atoms with E-state index >= 15 is 0 Å². The molecule has 28 heavy (non-hydrogen) atoms. The zero-order valence-corrected chi connectivity index (χ0v) is 16.8. The van der Waals surface area contributed by atoms with Crippen LogP contribution in [-0.4, -0.2) is 42.3 Å². The number of carbonyl (C=O) groups excluding carboxylic acids is 1. The molecule has 0 atom stereocenters. The smallest absolute Gasteiger partial charge is 0.350 e. The van der Waals surface area contributed by atoms with Gasteiger partial charge in [0.2, 0.25) is 6.79 Å². The number of thioether (sulfide) groups is 1. The van der Waals surface area contributed by atoms with Crippen LogP contribution in [0.1, 0.15) is 16.6 Å². The van der Waals surface area contributed by atoms with Crippen molar-refractivity contribution < 1.29 is 19.0 Å². The molecular weight excluding hydrogens is 400 g/mol. The van der Waals surface area contributed by atoms with Crippen molar-refractivity contribution in [3.63, 3.8) is 0 Å². The minimum atomic E-state index is -0.346. The van der Waals surface area contributed by atoms with Crippen LogP contribution in [0.2, 0.25) is 0 Å². The molecule has 0 unspecified atom stereocenters. The third-order valence-corrected chi connectivity index (χ3v) is 6.10. The number of nitrogens with one attached hydrogen (secondary N) is 1. The standard InChI is InChI=1S/C18H16N4O4S2/c1-3-24-17(23)14-13-12-15(20-18(27-2)21-16(12)28-14)22(7-19-13)9-4-5-10-11(6-9)26-8-25-10/h4-6,19H,3,7-8H2,1-2H3. The number of anilines is 3. The summed E-state index contributed by atoms with van der Waals surface area (Å²) in [5.41, 5.74) is 1.65. The third kappa shape index (κ3) is 2.63. The third-order valence-electron chi connectivity index (χ3n) is 4.49. The highest BCUT2D eigenvalue weighted by atomic mass is 32.2. The van der Waals surface area contributed by atoms with E-state index < -0.39 is 0 Å². The lowest BCUT2D eigenvalue weighted by Gasteiger charge is -2.29. The van der Waals surface area contributed by atoms with E-state index in [4.69, 9.17) is 19.2 Å².